The van der Waals surface area contributed by atoms with E-state index in [0.717, 1.165) is 64.2 Å². The molecule has 0 bridgehead atoms. The number of hydrogen-bond donors (Lipinski definition) is 5. The highest BCUT2D eigenvalue weighted by Crippen LogP contribution is 2.16. The van der Waals surface area contributed by atoms with Crippen LogP contribution in [0.4, 0.5) is 0 Å². The molecule has 0 radical (unpaired) electrons. The van der Waals surface area contributed by atoms with Crippen molar-refractivity contribution in [1.82, 2.24) is 5.32 Å². The number of nitrogens with one attached hydrogen (secondary N) is 1. The normalized spacial score (nSPS) is 14.4. The second-order valence-corrected chi connectivity index (χ2v) is 17.2. The van der Waals surface area contributed by atoms with Crippen molar-refractivity contribution in [3.63, 3.8) is 0 Å². The van der Waals surface area contributed by atoms with Crippen LogP contribution in [0.15, 0.2) is 48.6 Å². The number of hydrogen-bond acceptors (Lipinski definition) is 5. The van der Waals surface area contributed by atoms with Crippen LogP contribution in [0, 0.1) is 0 Å². The zero-order chi connectivity index (χ0) is 42.4. The molecule has 4 atom stereocenters. The van der Waals surface area contributed by atoms with Gasteiger partial charge in [-0.2, -0.15) is 0 Å². The van der Waals surface area contributed by atoms with E-state index in [-0.39, 0.29) is 0 Å². The van der Waals surface area contributed by atoms with Crippen molar-refractivity contribution < 1.29 is 25.2 Å². The minimum Gasteiger partial charge on any atom is -0.394 e. The van der Waals surface area contributed by atoms with E-state index in [1.54, 1.807) is 0 Å². The van der Waals surface area contributed by atoms with E-state index < -0.39 is 36.9 Å². The van der Waals surface area contributed by atoms with Crippen molar-refractivity contribution in [1.29, 1.82) is 0 Å². The van der Waals surface area contributed by atoms with Gasteiger partial charge < -0.3 is 25.7 Å². The third-order valence-corrected chi connectivity index (χ3v) is 11.5. The summed E-state index contributed by atoms with van der Waals surface area (Å²) in [6.45, 7) is 4.01. The summed E-state index contributed by atoms with van der Waals surface area (Å²) in [7, 11) is 0. The first-order chi connectivity index (χ1) is 28.5. The maximum absolute atomic E-state index is 12.5. The zero-order valence-electron chi connectivity index (χ0n) is 38.3. The molecule has 0 fully saturated rings. The van der Waals surface area contributed by atoms with Crippen LogP contribution in [0.1, 0.15) is 245 Å². The first kappa shape index (κ1) is 56.3. The van der Waals surface area contributed by atoms with Crippen molar-refractivity contribution in [3.8, 4) is 0 Å². The number of aliphatic hydroxyl groups is 4. The molecule has 0 saturated carbocycles. The molecule has 0 saturated heterocycles. The average molecular weight is 816 g/mol. The molecule has 6 nitrogen and oxygen atoms in total. The summed E-state index contributed by atoms with van der Waals surface area (Å²) in [5.41, 5.74) is 0. The van der Waals surface area contributed by atoms with Crippen LogP contribution < -0.4 is 5.32 Å². The fourth-order valence-corrected chi connectivity index (χ4v) is 7.53. The monoisotopic (exact) mass is 816 g/mol. The summed E-state index contributed by atoms with van der Waals surface area (Å²) in [5, 5.41) is 43.7. The van der Waals surface area contributed by atoms with Gasteiger partial charge >= 0.3 is 0 Å². The molecule has 6 heteroatoms. The topological polar surface area (TPSA) is 110 Å². The van der Waals surface area contributed by atoms with Gasteiger partial charge in [0.15, 0.2) is 0 Å². The summed E-state index contributed by atoms with van der Waals surface area (Å²) in [5.74, 6) is -0.610. The molecule has 0 aromatic carbocycles. The Morgan fingerprint density at radius 3 is 1.22 bits per heavy atom. The number of amides is 1. The Morgan fingerprint density at radius 2 is 0.776 bits per heavy atom. The molecule has 0 aliphatic rings. The molecule has 340 valence electrons. The van der Waals surface area contributed by atoms with Crippen LogP contribution >= 0.6 is 0 Å². The number of aliphatic hydroxyl groups excluding tert-OH is 4. The summed E-state index contributed by atoms with van der Waals surface area (Å²) < 4.78 is 0. The highest BCUT2D eigenvalue weighted by Gasteiger charge is 2.28. The minimum absolute atomic E-state index is 0.340. The van der Waals surface area contributed by atoms with Crippen LogP contribution in [0.3, 0.4) is 0 Å². The second kappa shape index (κ2) is 46.3. The van der Waals surface area contributed by atoms with E-state index in [1.807, 2.05) is 0 Å². The Hall–Kier alpha value is -1.73. The smallest absolute Gasteiger partial charge is 0.249 e. The van der Waals surface area contributed by atoms with Gasteiger partial charge in [-0.05, 0) is 77.0 Å². The third kappa shape index (κ3) is 39.7. The van der Waals surface area contributed by atoms with Crippen LogP contribution in [0.2, 0.25) is 0 Å². The molecule has 0 rings (SSSR count). The van der Waals surface area contributed by atoms with Gasteiger partial charge in [0.2, 0.25) is 5.91 Å². The Balaban J connectivity index is 3.72. The van der Waals surface area contributed by atoms with E-state index >= 15 is 0 Å². The lowest BCUT2D eigenvalue weighted by Crippen LogP contribution is -2.53. The highest BCUT2D eigenvalue weighted by molar-refractivity contribution is 5.80. The van der Waals surface area contributed by atoms with Crippen LogP contribution in [0.25, 0.3) is 0 Å². The number of rotatable bonds is 45. The van der Waals surface area contributed by atoms with Gasteiger partial charge in [-0.15, -0.1) is 0 Å². The summed E-state index contributed by atoms with van der Waals surface area (Å²) in [6, 6.07) is -1.02. The maximum atomic E-state index is 12.5. The van der Waals surface area contributed by atoms with E-state index in [0.29, 0.717) is 19.3 Å². The van der Waals surface area contributed by atoms with Crippen molar-refractivity contribution in [3.05, 3.63) is 48.6 Å². The van der Waals surface area contributed by atoms with Gasteiger partial charge in [0.1, 0.15) is 12.2 Å². The molecule has 0 heterocycles. The van der Waals surface area contributed by atoms with Crippen LogP contribution in [-0.2, 0) is 4.79 Å². The Bertz CT molecular complexity index is 961. The van der Waals surface area contributed by atoms with Gasteiger partial charge in [0, 0.05) is 0 Å². The van der Waals surface area contributed by atoms with Gasteiger partial charge in [-0.25, -0.2) is 0 Å². The Labute approximate surface area is 359 Å². The van der Waals surface area contributed by atoms with Crippen LogP contribution in [-0.4, -0.2) is 57.3 Å². The van der Waals surface area contributed by atoms with Gasteiger partial charge in [0.05, 0.1) is 18.8 Å². The summed E-state index contributed by atoms with van der Waals surface area (Å²) >= 11 is 0. The first-order valence-corrected chi connectivity index (χ1v) is 25.0. The lowest BCUT2D eigenvalue weighted by atomic mass is 10.00. The van der Waals surface area contributed by atoms with Crippen molar-refractivity contribution >= 4 is 5.91 Å². The lowest BCUT2D eigenvalue weighted by Gasteiger charge is -2.27. The third-order valence-electron chi connectivity index (χ3n) is 11.5. The van der Waals surface area contributed by atoms with E-state index in [2.05, 4.69) is 67.8 Å². The molecule has 0 spiro atoms. The Morgan fingerprint density at radius 1 is 0.431 bits per heavy atom. The molecule has 0 aromatic rings. The molecule has 4 unspecified atom stereocenters. The van der Waals surface area contributed by atoms with E-state index in [4.69, 9.17) is 0 Å². The fraction of sp³-hybridized carbons (Fsp3) is 0.827. The molecule has 5 N–H and O–H groups in total. The SMILES string of the molecule is CCCCC/C=C\C=C/CCCCCCCC(O)C(=O)NC(CO)C(O)C(O)CCC/C=C/CC/C=C/CCCCCCCCCCCCCCCCCCCCC. The van der Waals surface area contributed by atoms with Crippen molar-refractivity contribution in [2.75, 3.05) is 6.61 Å². The number of unbranched alkanes of at least 4 members (excludes halogenated alkanes) is 29. The molecule has 58 heavy (non-hydrogen) atoms. The lowest BCUT2D eigenvalue weighted by molar-refractivity contribution is -0.132. The van der Waals surface area contributed by atoms with Crippen molar-refractivity contribution in [2.24, 2.45) is 0 Å². The quantitative estimate of drug-likeness (QED) is 0.0239. The fourth-order valence-electron chi connectivity index (χ4n) is 7.53. The Kier molecular flexibility index (Phi) is 45.0. The number of carbonyl (C=O) groups is 1. The van der Waals surface area contributed by atoms with Gasteiger partial charge in [0.25, 0.3) is 0 Å². The van der Waals surface area contributed by atoms with Gasteiger partial charge in [-0.3, -0.25) is 4.79 Å². The van der Waals surface area contributed by atoms with E-state index in [1.165, 1.54) is 148 Å². The van der Waals surface area contributed by atoms with Crippen LogP contribution in [0.5, 0.6) is 0 Å². The summed E-state index contributed by atoms with van der Waals surface area (Å²) in [4.78, 5) is 12.5. The molecule has 1 amide bonds. The second-order valence-electron chi connectivity index (χ2n) is 17.2. The molecule has 0 aliphatic carbocycles. The van der Waals surface area contributed by atoms with Gasteiger partial charge in [-0.1, -0.05) is 217 Å². The molecular weight excluding hydrogens is 719 g/mol. The predicted octanol–water partition coefficient (Wildman–Crippen LogP) is 13.9. The number of allylic oxidation sites excluding steroid dienone is 8. The molecule has 0 aromatic heterocycles. The largest absolute Gasteiger partial charge is 0.394 e. The highest BCUT2D eigenvalue weighted by atomic mass is 16.3. The predicted molar refractivity (Wildman–Crippen MR) is 251 cm³/mol. The summed E-state index contributed by atoms with van der Waals surface area (Å²) in [6.07, 6.45) is 57.4. The first-order valence-electron chi connectivity index (χ1n) is 25.0. The molecular formula is C52H97NO5. The van der Waals surface area contributed by atoms with Crippen molar-refractivity contribution in [2.45, 2.75) is 269 Å². The molecule has 0 aliphatic heterocycles. The maximum Gasteiger partial charge on any atom is 0.249 e. The minimum atomic E-state index is -1.30. The average Bonchev–Trinajstić information content (AvgIpc) is 3.23. The standard InChI is InChI=1S/C52H97NO5/c1-3-5-7-9-11-13-15-17-19-20-21-22-23-24-25-26-27-28-29-30-31-32-34-35-37-39-41-43-45-49(55)51(57)48(47-54)53-52(58)50(56)46-44-42-40-38-36-33-18-16-14-12-10-8-6-4-2/h12,14,16,18,31-32,37,39,48-51,54-57H,3-11,13,15,17,19-30,33-36,38,40-47H2,1-2H3,(H,53,58)/b14-12-,18-16-,32-31+,39-37+. The zero-order valence-corrected chi connectivity index (χ0v) is 38.3. The van der Waals surface area contributed by atoms with E-state index in [9.17, 15) is 25.2 Å². The number of carbonyl (C=O) groups excluding carboxylic acids is 1.